The number of carbonyl (C=O) groups is 1. The standard InChI is InChI=1S/C17H17IN2O3/c1-11-6-14(18)7-12(2)17(11)23-10-16(22)20-19-9-13-4-3-5-15(21)8-13/h3-9,21H,10H2,1-2H3,(H,20,22). The number of phenols is 1. The first-order valence-electron chi connectivity index (χ1n) is 6.96. The SMILES string of the molecule is Cc1cc(I)cc(C)c1OCC(=O)NN=Cc1cccc(O)c1. The van der Waals surface area contributed by atoms with Crippen LogP contribution in [0.15, 0.2) is 41.5 Å². The van der Waals surface area contributed by atoms with Crippen molar-refractivity contribution in [2.24, 2.45) is 5.10 Å². The summed E-state index contributed by atoms with van der Waals surface area (Å²) in [6.07, 6.45) is 1.46. The van der Waals surface area contributed by atoms with Crippen molar-refractivity contribution in [3.05, 3.63) is 56.7 Å². The summed E-state index contributed by atoms with van der Waals surface area (Å²) in [7, 11) is 0. The zero-order chi connectivity index (χ0) is 16.8. The van der Waals surface area contributed by atoms with Crippen molar-refractivity contribution < 1.29 is 14.6 Å². The lowest BCUT2D eigenvalue weighted by Crippen LogP contribution is -2.25. The molecule has 0 aliphatic heterocycles. The Balaban J connectivity index is 1.88. The normalized spacial score (nSPS) is 10.7. The van der Waals surface area contributed by atoms with E-state index in [0.29, 0.717) is 5.56 Å². The fourth-order valence-corrected chi connectivity index (χ4v) is 3.01. The summed E-state index contributed by atoms with van der Waals surface area (Å²) in [6.45, 7) is 3.78. The van der Waals surface area contributed by atoms with Crippen LogP contribution in [0, 0.1) is 17.4 Å². The molecule has 0 aromatic heterocycles. The Bertz CT molecular complexity index is 721. The Kier molecular flexibility index (Phi) is 5.97. The molecule has 5 nitrogen and oxygen atoms in total. The van der Waals surface area contributed by atoms with E-state index in [4.69, 9.17) is 4.74 Å². The number of hydrogen-bond donors (Lipinski definition) is 2. The van der Waals surface area contributed by atoms with Gasteiger partial charge in [0.2, 0.25) is 0 Å². The third-order valence-electron chi connectivity index (χ3n) is 3.05. The molecule has 0 aliphatic rings. The molecule has 2 N–H and O–H groups in total. The summed E-state index contributed by atoms with van der Waals surface area (Å²) in [5.74, 6) is 0.518. The monoisotopic (exact) mass is 424 g/mol. The van der Waals surface area contributed by atoms with E-state index in [1.807, 2.05) is 26.0 Å². The molecule has 2 aromatic carbocycles. The number of aryl methyl sites for hydroxylation is 2. The van der Waals surface area contributed by atoms with E-state index in [2.05, 4.69) is 33.1 Å². The highest BCUT2D eigenvalue weighted by atomic mass is 127. The minimum absolute atomic E-state index is 0.111. The fraction of sp³-hybridized carbons (Fsp3) is 0.176. The second-order valence-corrected chi connectivity index (χ2v) is 6.29. The molecular formula is C17H17IN2O3. The Morgan fingerprint density at radius 3 is 2.65 bits per heavy atom. The molecule has 2 rings (SSSR count). The van der Waals surface area contributed by atoms with E-state index in [1.54, 1.807) is 24.3 Å². The summed E-state index contributed by atoms with van der Waals surface area (Å²) in [4.78, 5) is 11.8. The van der Waals surface area contributed by atoms with Gasteiger partial charge in [0.05, 0.1) is 6.21 Å². The second-order valence-electron chi connectivity index (χ2n) is 5.05. The highest BCUT2D eigenvalue weighted by Gasteiger charge is 2.08. The second kappa shape index (κ2) is 7.96. The van der Waals surface area contributed by atoms with E-state index in [-0.39, 0.29) is 18.3 Å². The van der Waals surface area contributed by atoms with Gasteiger partial charge in [-0.05, 0) is 77.4 Å². The van der Waals surface area contributed by atoms with Crippen molar-refractivity contribution in [1.82, 2.24) is 5.43 Å². The molecule has 0 unspecified atom stereocenters. The van der Waals surface area contributed by atoms with Crippen LogP contribution in [0.1, 0.15) is 16.7 Å². The van der Waals surface area contributed by atoms with Crippen LogP contribution in [-0.2, 0) is 4.79 Å². The number of hydrogen-bond acceptors (Lipinski definition) is 4. The number of nitrogens with one attached hydrogen (secondary N) is 1. The molecule has 1 amide bonds. The van der Waals surface area contributed by atoms with Crippen molar-refractivity contribution >= 4 is 34.7 Å². The van der Waals surface area contributed by atoms with Gasteiger partial charge < -0.3 is 9.84 Å². The first-order chi connectivity index (χ1) is 11.0. The number of amides is 1. The molecule has 0 atom stereocenters. The molecule has 120 valence electrons. The summed E-state index contributed by atoms with van der Waals surface area (Å²) < 4.78 is 6.71. The van der Waals surface area contributed by atoms with Crippen molar-refractivity contribution in [1.29, 1.82) is 0 Å². The lowest BCUT2D eigenvalue weighted by Gasteiger charge is -2.11. The van der Waals surface area contributed by atoms with Gasteiger partial charge in [-0.3, -0.25) is 4.79 Å². The smallest absolute Gasteiger partial charge is 0.277 e. The van der Waals surface area contributed by atoms with Crippen LogP contribution in [0.4, 0.5) is 0 Å². The van der Waals surface area contributed by atoms with Gasteiger partial charge >= 0.3 is 0 Å². The lowest BCUT2D eigenvalue weighted by atomic mass is 10.1. The Morgan fingerprint density at radius 2 is 2.00 bits per heavy atom. The van der Waals surface area contributed by atoms with E-state index in [1.165, 1.54) is 6.21 Å². The van der Waals surface area contributed by atoms with Gasteiger partial charge in [-0.15, -0.1) is 0 Å². The number of rotatable bonds is 5. The molecule has 0 fully saturated rings. The Labute approximate surface area is 148 Å². The quantitative estimate of drug-likeness (QED) is 0.440. The topological polar surface area (TPSA) is 70.9 Å². The van der Waals surface area contributed by atoms with Crippen LogP contribution < -0.4 is 10.2 Å². The number of hydrazone groups is 1. The third-order valence-corrected chi connectivity index (χ3v) is 3.67. The van der Waals surface area contributed by atoms with Crippen LogP contribution >= 0.6 is 22.6 Å². The van der Waals surface area contributed by atoms with Gasteiger partial charge in [-0.1, -0.05) is 12.1 Å². The molecule has 0 saturated heterocycles. The van der Waals surface area contributed by atoms with Crippen LogP contribution in [0.2, 0.25) is 0 Å². The summed E-state index contributed by atoms with van der Waals surface area (Å²) in [5, 5.41) is 13.2. The molecule has 6 heteroatoms. The summed E-state index contributed by atoms with van der Waals surface area (Å²) >= 11 is 2.24. The zero-order valence-corrected chi connectivity index (χ0v) is 15.0. The zero-order valence-electron chi connectivity index (χ0n) is 12.8. The minimum Gasteiger partial charge on any atom is -0.508 e. The van der Waals surface area contributed by atoms with Crippen LogP contribution in [-0.4, -0.2) is 23.8 Å². The molecule has 23 heavy (non-hydrogen) atoms. The maximum absolute atomic E-state index is 11.8. The molecule has 0 radical (unpaired) electrons. The van der Waals surface area contributed by atoms with Crippen molar-refractivity contribution in [3.63, 3.8) is 0 Å². The maximum atomic E-state index is 11.8. The molecule has 0 aliphatic carbocycles. The number of aromatic hydroxyl groups is 1. The predicted octanol–water partition coefficient (Wildman–Crippen LogP) is 3.14. The van der Waals surface area contributed by atoms with Gasteiger partial charge in [0.1, 0.15) is 11.5 Å². The van der Waals surface area contributed by atoms with Crippen molar-refractivity contribution in [2.75, 3.05) is 6.61 Å². The van der Waals surface area contributed by atoms with Crippen LogP contribution in [0.5, 0.6) is 11.5 Å². The van der Waals surface area contributed by atoms with Crippen molar-refractivity contribution in [3.8, 4) is 11.5 Å². The number of halogens is 1. The molecule has 0 bridgehead atoms. The number of carbonyl (C=O) groups excluding carboxylic acids is 1. The molecule has 0 heterocycles. The average molecular weight is 424 g/mol. The van der Waals surface area contributed by atoms with Gasteiger partial charge in [-0.25, -0.2) is 5.43 Å². The first-order valence-corrected chi connectivity index (χ1v) is 8.04. The van der Waals surface area contributed by atoms with Gasteiger partial charge in [0.15, 0.2) is 6.61 Å². The average Bonchev–Trinajstić information content (AvgIpc) is 2.46. The summed E-state index contributed by atoms with van der Waals surface area (Å²) in [5.41, 5.74) is 5.07. The van der Waals surface area contributed by atoms with E-state index in [9.17, 15) is 9.90 Å². The molecule has 0 saturated carbocycles. The third kappa shape index (κ3) is 5.24. The number of nitrogens with zero attached hydrogens (tertiary/aromatic N) is 1. The number of benzene rings is 2. The van der Waals surface area contributed by atoms with E-state index < -0.39 is 0 Å². The van der Waals surface area contributed by atoms with Gasteiger partial charge in [0, 0.05) is 3.57 Å². The summed E-state index contributed by atoms with van der Waals surface area (Å²) in [6, 6.07) is 10.6. The van der Waals surface area contributed by atoms with E-state index >= 15 is 0 Å². The lowest BCUT2D eigenvalue weighted by molar-refractivity contribution is -0.123. The molecule has 0 spiro atoms. The molecule has 2 aromatic rings. The predicted molar refractivity (Wildman–Crippen MR) is 98.0 cm³/mol. The first kappa shape index (κ1) is 17.3. The maximum Gasteiger partial charge on any atom is 0.277 e. The minimum atomic E-state index is -0.348. The Morgan fingerprint density at radius 1 is 1.30 bits per heavy atom. The van der Waals surface area contributed by atoms with Crippen LogP contribution in [0.25, 0.3) is 0 Å². The fourth-order valence-electron chi connectivity index (χ4n) is 2.08. The highest BCUT2D eigenvalue weighted by molar-refractivity contribution is 14.1. The highest BCUT2D eigenvalue weighted by Crippen LogP contribution is 2.25. The van der Waals surface area contributed by atoms with Gasteiger partial charge in [0.25, 0.3) is 5.91 Å². The molecular weight excluding hydrogens is 407 g/mol. The van der Waals surface area contributed by atoms with Crippen LogP contribution in [0.3, 0.4) is 0 Å². The Hall–Kier alpha value is -2.09. The largest absolute Gasteiger partial charge is 0.508 e. The number of phenolic OH excluding ortho intramolecular Hbond substituents is 1. The van der Waals surface area contributed by atoms with Gasteiger partial charge in [-0.2, -0.15) is 5.10 Å². The van der Waals surface area contributed by atoms with Crippen molar-refractivity contribution in [2.45, 2.75) is 13.8 Å². The number of ether oxygens (including phenoxy) is 1. The van der Waals surface area contributed by atoms with E-state index in [0.717, 1.165) is 20.4 Å².